The molecule has 0 fully saturated rings. The van der Waals surface area contributed by atoms with Crippen LogP contribution in [0.4, 0.5) is 0 Å². The van der Waals surface area contributed by atoms with Gasteiger partial charge in [-0.3, -0.25) is 0 Å². The van der Waals surface area contributed by atoms with Crippen molar-refractivity contribution in [2.75, 3.05) is 0 Å². The molecule has 0 aliphatic rings. The highest BCUT2D eigenvalue weighted by atomic mass is 35.5. The van der Waals surface area contributed by atoms with Crippen molar-refractivity contribution in [1.82, 2.24) is 14.7 Å². The SMILES string of the molecule is CC(C)c1noc(Cn2ccc3cc(Cl)ccc32)n1. The molecule has 98 valence electrons. The smallest absolute Gasteiger partial charge is 0.246 e. The van der Waals surface area contributed by atoms with E-state index < -0.39 is 0 Å². The molecule has 0 saturated carbocycles. The summed E-state index contributed by atoms with van der Waals surface area (Å²) in [4.78, 5) is 4.38. The van der Waals surface area contributed by atoms with Crippen LogP contribution in [0.3, 0.4) is 0 Å². The molecule has 0 unspecified atom stereocenters. The topological polar surface area (TPSA) is 43.9 Å². The molecule has 3 aromatic rings. The minimum atomic E-state index is 0.276. The highest BCUT2D eigenvalue weighted by molar-refractivity contribution is 6.31. The summed E-state index contributed by atoms with van der Waals surface area (Å²) in [5.74, 6) is 1.64. The van der Waals surface area contributed by atoms with Crippen LogP contribution in [0.2, 0.25) is 5.02 Å². The number of aromatic nitrogens is 3. The first-order valence-electron chi connectivity index (χ1n) is 6.20. The summed E-state index contributed by atoms with van der Waals surface area (Å²) in [6.07, 6.45) is 2.00. The quantitative estimate of drug-likeness (QED) is 0.729. The van der Waals surface area contributed by atoms with Crippen LogP contribution in [0.5, 0.6) is 0 Å². The van der Waals surface area contributed by atoms with E-state index in [1.165, 1.54) is 0 Å². The second-order valence-electron chi connectivity index (χ2n) is 4.85. The Bertz CT molecular complexity index is 714. The zero-order chi connectivity index (χ0) is 13.4. The molecule has 4 nitrogen and oxygen atoms in total. The first-order chi connectivity index (χ1) is 9.13. The molecule has 3 rings (SSSR count). The molecule has 0 N–H and O–H groups in total. The lowest BCUT2D eigenvalue weighted by Crippen LogP contribution is -1.98. The number of hydrogen-bond donors (Lipinski definition) is 0. The van der Waals surface area contributed by atoms with E-state index in [1.54, 1.807) is 0 Å². The van der Waals surface area contributed by atoms with Crippen LogP contribution in [-0.4, -0.2) is 14.7 Å². The fraction of sp³-hybridized carbons (Fsp3) is 0.286. The molecule has 2 aromatic heterocycles. The molecule has 1 aromatic carbocycles. The van der Waals surface area contributed by atoms with Gasteiger partial charge in [0.2, 0.25) is 5.89 Å². The zero-order valence-electron chi connectivity index (χ0n) is 10.8. The fourth-order valence-electron chi connectivity index (χ4n) is 2.02. The van der Waals surface area contributed by atoms with Crippen LogP contribution in [-0.2, 0) is 6.54 Å². The van der Waals surface area contributed by atoms with Crippen molar-refractivity contribution in [3.8, 4) is 0 Å². The third kappa shape index (κ3) is 2.36. The summed E-state index contributed by atoms with van der Waals surface area (Å²) in [5.41, 5.74) is 1.11. The second-order valence-corrected chi connectivity index (χ2v) is 5.28. The lowest BCUT2D eigenvalue weighted by molar-refractivity contribution is 0.366. The molecule has 0 saturated heterocycles. The van der Waals surface area contributed by atoms with E-state index in [1.807, 2.05) is 44.3 Å². The molecule has 0 amide bonds. The average molecular weight is 276 g/mol. The molecule has 0 atom stereocenters. The number of nitrogens with zero attached hydrogens (tertiary/aromatic N) is 3. The summed E-state index contributed by atoms with van der Waals surface area (Å²) in [6, 6.07) is 7.85. The van der Waals surface area contributed by atoms with Gasteiger partial charge in [0.15, 0.2) is 5.82 Å². The van der Waals surface area contributed by atoms with Gasteiger partial charge in [0, 0.05) is 28.0 Å². The maximum absolute atomic E-state index is 5.98. The predicted octanol–water partition coefficient (Wildman–Crippen LogP) is 3.85. The Kier molecular flexibility index (Phi) is 3.03. The number of benzene rings is 1. The molecule has 19 heavy (non-hydrogen) atoms. The number of hydrogen-bond acceptors (Lipinski definition) is 3. The van der Waals surface area contributed by atoms with Gasteiger partial charge in [-0.05, 0) is 24.3 Å². The number of rotatable bonds is 3. The van der Waals surface area contributed by atoms with E-state index in [-0.39, 0.29) is 5.92 Å². The van der Waals surface area contributed by atoms with Gasteiger partial charge < -0.3 is 9.09 Å². The monoisotopic (exact) mass is 275 g/mol. The van der Waals surface area contributed by atoms with Crippen LogP contribution in [0, 0.1) is 0 Å². The number of fused-ring (bicyclic) bond motifs is 1. The van der Waals surface area contributed by atoms with Gasteiger partial charge in [-0.15, -0.1) is 0 Å². The lowest BCUT2D eigenvalue weighted by Gasteiger charge is -2.01. The summed E-state index contributed by atoms with van der Waals surface area (Å²) >= 11 is 5.98. The van der Waals surface area contributed by atoms with Crippen molar-refractivity contribution in [3.63, 3.8) is 0 Å². The van der Waals surface area contributed by atoms with Crippen LogP contribution in [0.15, 0.2) is 35.0 Å². The van der Waals surface area contributed by atoms with Gasteiger partial charge in [-0.2, -0.15) is 4.98 Å². The van der Waals surface area contributed by atoms with Gasteiger partial charge >= 0.3 is 0 Å². The van der Waals surface area contributed by atoms with Crippen molar-refractivity contribution >= 4 is 22.5 Å². The molecule has 0 spiro atoms. The summed E-state index contributed by atoms with van der Waals surface area (Å²) < 4.78 is 7.34. The van der Waals surface area contributed by atoms with Gasteiger partial charge in [0.05, 0.1) is 0 Å². The van der Waals surface area contributed by atoms with E-state index in [9.17, 15) is 0 Å². The summed E-state index contributed by atoms with van der Waals surface area (Å²) in [6.45, 7) is 4.66. The molecule has 0 radical (unpaired) electrons. The first kappa shape index (κ1) is 12.2. The van der Waals surface area contributed by atoms with Gasteiger partial charge in [0.1, 0.15) is 6.54 Å². The van der Waals surface area contributed by atoms with Crippen LogP contribution < -0.4 is 0 Å². The first-order valence-corrected chi connectivity index (χ1v) is 6.58. The highest BCUT2D eigenvalue weighted by Gasteiger charge is 2.11. The largest absolute Gasteiger partial charge is 0.338 e. The maximum atomic E-state index is 5.98. The van der Waals surface area contributed by atoms with E-state index in [4.69, 9.17) is 16.1 Å². The minimum Gasteiger partial charge on any atom is -0.338 e. The van der Waals surface area contributed by atoms with Crippen molar-refractivity contribution in [2.45, 2.75) is 26.3 Å². The molecular formula is C14H14ClN3O. The van der Waals surface area contributed by atoms with E-state index in [2.05, 4.69) is 14.7 Å². The Morgan fingerprint density at radius 3 is 2.89 bits per heavy atom. The summed E-state index contributed by atoms with van der Waals surface area (Å²) in [7, 11) is 0. The van der Waals surface area contributed by atoms with Crippen molar-refractivity contribution in [3.05, 3.63) is 47.2 Å². The molecular weight excluding hydrogens is 262 g/mol. The van der Waals surface area contributed by atoms with Crippen molar-refractivity contribution in [1.29, 1.82) is 0 Å². The third-order valence-corrected chi connectivity index (χ3v) is 3.27. The normalized spacial score (nSPS) is 11.6. The van der Waals surface area contributed by atoms with Gasteiger partial charge in [-0.1, -0.05) is 30.6 Å². The Morgan fingerprint density at radius 2 is 2.16 bits per heavy atom. The molecule has 5 heteroatoms. The van der Waals surface area contributed by atoms with Crippen LogP contribution >= 0.6 is 11.6 Å². The Morgan fingerprint density at radius 1 is 1.32 bits per heavy atom. The highest BCUT2D eigenvalue weighted by Crippen LogP contribution is 2.21. The summed E-state index contributed by atoms with van der Waals surface area (Å²) in [5, 5.41) is 5.82. The Balaban J connectivity index is 1.92. The standard InChI is InChI=1S/C14H14ClN3O/c1-9(2)14-16-13(19-17-14)8-18-6-5-10-7-11(15)3-4-12(10)18/h3-7,9H,8H2,1-2H3. The van der Waals surface area contributed by atoms with Gasteiger partial charge in [0.25, 0.3) is 0 Å². The number of halogens is 1. The van der Waals surface area contributed by atoms with E-state index in [0.717, 1.165) is 21.7 Å². The third-order valence-electron chi connectivity index (χ3n) is 3.04. The second kappa shape index (κ2) is 4.70. The van der Waals surface area contributed by atoms with E-state index >= 15 is 0 Å². The predicted molar refractivity (Wildman–Crippen MR) is 74.4 cm³/mol. The van der Waals surface area contributed by atoms with Crippen LogP contribution in [0.1, 0.15) is 31.5 Å². The lowest BCUT2D eigenvalue weighted by atomic mass is 10.2. The molecule has 2 heterocycles. The molecule has 0 aliphatic heterocycles. The van der Waals surface area contributed by atoms with Gasteiger partial charge in [-0.25, -0.2) is 0 Å². The van der Waals surface area contributed by atoms with Crippen molar-refractivity contribution in [2.24, 2.45) is 0 Å². The van der Waals surface area contributed by atoms with Crippen LogP contribution in [0.25, 0.3) is 10.9 Å². The van der Waals surface area contributed by atoms with Crippen molar-refractivity contribution < 1.29 is 4.52 Å². The Labute approximate surface area is 116 Å². The minimum absolute atomic E-state index is 0.276. The zero-order valence-corrected chi connectivity index (χ0v) is 11.6. The fourth-order valence-corrected chi connectivity index (χ4v) is 2.20. The van der Waals surface area contributed by atoms with E-state index in [0.29, 0.717) is 12.4 Å². The average Bonchev–Trinajstić information content (AvgIpc) is 2.97. The molecule has 0 aliphatic carbocycles. The Hall–Kier alpha value is -1.81. The molecule has 0 bridgehead atoms. The maximum Gasteiger partial charge on any atom is 0.246 e.